The molecule has 0 saturated heterocycles. The number of benzene rings is 2. The first kappa shape index (κ1) is 23.9. The maximum atomic E-state index is 10.7. The van der Waals surface area contributed by atoms with Gasteiger partial charge < -0.3 is 11.0 Å². The van der Waals surface area contributed by atoms with Crippen molar-refractivity contribution >= 4 is 29.8 Å². The molecular weight excluding hydrogens is 418 g/mol. The lowest BCUT2D eigenvalue weighted by Gasteiger charge is -2.02. The number of nitrogens with zero attached hydrogens (tertiary/aromatic N) is 6. The Labute approximate surface area is 172 Å². The molecule has 2 aromatic rings. The Morgan fingerprint density at radius 2 is 1.26 bits per heavy atom. The number of hydrogen-bond acceptors (Lipinski definition) is 10. The first-order chi connectivity index (χ1) is 14.7. The molecule has 5 N–H and O–H groups in total. The van der Waals surface area contributed by atoms with Crippen molar-refractivity contribution in [2.24, 2.45) is 21.1 Å². The smallest absolute Gasteiger partial charge is 0.291 e. The van der Waals surface area contributed by atoms with Crippen LogP contribution in [0.4, 0.5) is 11.4 Å². The Morgan fingerprint density at radius 3 is 1.58 bits per heavy atom. The van der Waals surface area contributed by atoms with Crippen LogP contribution in [-0.4, -0.2) is 38.5 Å². The van der Waals surface area contributed by atoms with Gasteiger partial charge in [0.25, 0.3) is 22.4 Å². The van der Waals surface area contributed by atoms with Crippen LogP contribution in [-0.2, 0) is 0 Å². The molecule has 0 heterocycles. The summed E-state index contributed by atoms with van der Waals surface area (Å²) in [5.41, 5.74) is 5.81. The highest BCUT2D eigenvalue weighted by Gasteiger charge is 2.05. The molecule has 0 radical (unpaired) electrons. The molecule has 0 spiro atoms. The fraction of sp³-hybridized carbons (Fsp3) is 0. The van der Waals surface area contributed by atoms with Gasteiger partial charge in [0.15, 0.2) is 0 Å². The predicted octanol–water partition coefficient (Wildman–Crippen LogP) is 0.932. The average Bonchev–Trinajstić information content (AvgIpc) is 2.72. The molecule has 0 aliphatic carbocycles. The Morgan fingerprint density at radius 1 is 0.871 bits per heavy atom. The number of nitro groups is 2. The maximum absolute atomic E-state index is 10.7. The second-order valence-corrected chi connectivity index (χ2v) is 5.16. The second-order valence-electron chi connectivity index (χ2n) is 5.16. The summed E-state index contributed by atoms with van der Waals surface area (Å²) in [5.74, 6) is 5.18. The molecule has 0 aromatic heterocycles. The van der Waals surface area contributed by atoms with Crippen molar-refractivity contribution in [2.75, 3.05) is 0 Å². The number of nitro benzene ring substituents is 2. The van der Waals surface area contributed by atoms with Crippen molar-refractivity contribution < 1.29 is 20.1 Å². The Balaban J connectivity index is 0.00000110. The third kappa shape index (κ3) is 9.55. The van der Waals surface area contributed by atoms with Crippen molar-refractivity contribution in [3.63, 3.8) is 0 Å². The van der Waals surface area contributed by atoms with Crippen LogP contribution in [0.1, 0.15) is 11.1 Å². The molecule has 16 nitrogen and oxygen atoms in total. The summed E-state index contributed by atoms with van der Waals surface area (Å²) >= 11 is 0. The lowest BCUT2D eigenvalue weighted by molar-refractivity contribution is -0.742. The molecule has 0 bridgehead atoms. The zero-order chi connectivity index (χ0) is 23.2. The number of rotatable bonds is 6. The summed E-state index contributed by atoms with van der Waals surface area (Å²) in [7, 11) is 0. The van der Waals surface area contributed by atoms with E-state index in [1.807, 2.05) is 0 Å². The standard InChI is InChI=1S/C15H14N8O4.HNO3/c16-19-15(20-17-9-11-3-1-5-13(7-11)22(24)25)21-18-10-12-4-2-6-14(8-12)23(26)27;2-1(3)4/h1-10H,16H2,(H2,19,20,21);(H,2,3,4)/b17-9+,18-10+;. The molecule has 2 aromatic carbocycles. The molecule has 31 heavy (non-hydrogen) atoms. The summed E-state index contributed by atoms with van der Waals surface area (Å²) in [5, 5.41) is 46.2. The Kier molecular flexibility index (Phi) is 9.51. The lowest BCUT2D eigenvalue weighted by atomic mass is 10.2. The minimum absolute atomic E-state index is 0.0154. The van der Waals surface area contributed by atoms with Gasteiger partial charge in [0, 0.05) is 35.4 Å². The Hall–Kier alpha value is -5.15. The fourth-order valence-electron chi connectivity index (χ4n) is 1.86. The summed E-state index contributed by atoms with van der Waals surface area (Å²) in [6, 6.07) is 11.7. The molecule has 2 rings (SSSR count). The zero-order valence-electron chi connectivity index (χ0n) is 15.4. The molecule has 162 valence electrons. The van der Waals surface area contributed by atoms with Crippen molar-refractivity contribution in [1.82, 2.24) is 10.9 Å². The lowest BCUT2D eigenvalue weighted by Crippen LogP contribution is -2.31. The largest absolute Gasteiger partial charge is 0.328 e. The van der Waals surface area contributed by atoms with E-state index in [2.05, 4.69) is 26.2 Å². The van der Waals surface area contributed by atoms with Gasteiger partial charge in [0.05, 0.1) is 22.3 Å². The van der Waals surface area contributed by atoms with Gasteiger partial charge in [-0.3, -0.25) is 20.2 Å². The van der Waals surface area contributed by atoms with E-state index in [0.717, 1.165) is 0 Å². The summed E-state index contributed by atoms with van der Waals surface area (Å²) in [4.78, 5) is 28.8. The van der Waals surface area contributed by atoms with Crippen LogP contribution < -0.4 is 16.7 Å². The van der Waals surface area contributed by atoms with Gasteiger partial charge in [0.2, 0.25) is 0 Å². The molecule has 0 atom stereocenters. The van der Waals surface area contributed by atoms with Crippen molar-refractivity contribution in [1.29, 1.82) is 0 Å². The third-order valence-corrected chi connectivity index (χ3v) is 3.06. The second kappa shape index (κ2) is 12.3. The van der Waals surface area contributed by atoms with Gasteiger partial charge in [-0.25, -0.2) is 10.9 Å². The number of nitrogens with one attached hydrogen (secondary N) is 2. The van der Waals surface area contributed by atoms with Gasteiger partial charge in [-0.2, -0.15) is 10.2 Å². The average molecular weight is 433 g/mol. The number of non-ortho nitro benzene ring substituents is 2. The molecule has 0 amide bonds. The van der Waals surface area contributed by atoms with Gasteiger partial charge in [-0.05, 0) is 0 Å². The van der Waals surface area contributed by atoms with E-state index in [4.69, 9.17) is 21.2 Å². The quantitative estimate of drug-likeness (QED) is 0.165. The van der Waals surface area contributed by atoms with Crippen LogP contribution in [0.3, 0.4) is 0 Å². The molecule has 0 fully saturated rings. The van der Waals surface area contributed by atoms with Gasteiger partial charge in [-0.15, -0.1) is 15.2 Å². The topological polar surface area (TPSA) is 237 Å². The molecule has 0 saturated carbocycles. The highest BCUT2D eigenvalue weighted by Crippen LogP contribution is 2.12. The summed E-state index contributed by atoms with van der Waals surface area (Å²) in [6.45, 7) is 0. The molecule has 0 aliphatic rings. The van der Waals surface area contributed by atoms with Crippen molar-refractivity contribution in [3.05, 3.63) is 90.0 Å². The molecule has 0 unspecified atom stereocenters. The SMILES string of the molecule is NN=C(N/N=C/c1cccc([N+](=O)[O-])c1)N/N=C/c1cccc([N+](=O)[O-])c1.O=[N+]([O-])O. The Bertz CT molecular complexity index is 948. The fourth-order valence-corrected chi connectivity index (χ4v) is 1.86. The van der Waals surface area contributed by atoms with E-state index in [9.17, 15) is 20.2 Å². The zero-order valence-corrected chi connectivity index (χ0v) is 15.4. The van der Waals surface area contributed by atoms with E-state index in [1.54, 1.807) is 12.1 Å². The monoisotopic (exact) mass is 433 g/mol. The van der Waals surface area contributed by atoms with Crippen LogP contribution in [0.25, 0.3) is 0 Å². The normalized spacial score (nSPS) is 10.1. The van der Waals surface area contributed by atoms with E-state index in [0.29, 0.717) is 11.1 Å². The minimum Gasteiger partial charge on any atom is -0.328 e. The van der Waals surface area contributed by atoms with E-state index >= 15 is 0 Å². The molecular formula is C15H15N9O7. The van der Waals surface area contributed by atoms with Gasteiger partial charge >= 0.3 is 0 Å². The van der Waals surface area contributed by atoms with Crippen LogP contribution in [0.5, 0.6) is 0 Å². The van der Waals surface area contributed by atoms with Crippen molar-refractivity contribution in [3.8, 4) is 0 Å². The van der Waals surface area contributed by atoms with Crippen LogP contribution in [0.15, 0.2) is 63.8 Å². The van der Waals surface area contributed by atoms with Crippen LogP contribution >= 0.6 is 0 Å². The summed E-state index contributed by atoms with van der Waals surface area (Å²) in [6.07, 6.45) is 2.67. The molecule has 0 aliphatic heterocycles. The number of nitrogens with two attached hydrogens (primary N) is 1. The third-order valence-electron chi connectivity index (χ3n) is 3.06. The maximum Gasteiger partial charge on any atom is 0.291 e. The van der Waals surface area contributed by atoms with E-state index in [1.165, 1.54) is 48.8 Å². The predicted molar refractivity (Wildman–Crippen MR) is 108 cm³/mol. The van der Waals surface area contributed by atoms with Gasteiger partial charge in [0.1, 0.15) is 0 Å². The highest BCUT2D eigenvalue weighted by molar-refractivity contribution is 5.86. The minimum atomic E-state index is -1.50. The number of hydrazone groups is 3. The van der Waals surface area contributed by atoms with E-state index < -0.39 is 14.9 Å². The first-order valence-electron chi connectivity index (χ1n) is 7.91. The van der Waals surface area contributed by atoms with E-state index in [-0.39, 0.29) is 17.3 Å². The highest BCUT2D eigenvalue weighted by atomic mass is 16.9. The number of guanidine groups is 1. The van der Waals surface area contributed by atoms with Crippen LogP contribution in [0, 0.1) is 30.3 Å². The first-order valence-corrected chi connectivity index (χ1v) is 7.91. The van der Waals surface area contributed by atoms with Crippen molar-refractivity contribution in [2.45, 2.75) is 0 Å². The number of hydrogen-bond donors (Lipinski definition) is 4. The van der Waals surface area contributed by atoms with Crippen LogP contribution in [0.2, 0.25) is 0 Å². The summed E-state index contributed by atoms with van der Waals surface area (Å²) < 4.78 is 0. The molecule has 16 heteroatoms. The van der Waals surface area contributed by atoms with Gasteiger partial charge in [-0.1, -0.05) is 24.3 Å².